The molecule has 6 atom stereocenters. The van der Waals surface area contributed by atoms with Gasteiger partial charge in [-0.3, -0.25) is 19.2 Å². The Morgan fingerprint density at radius 1 is 0.500 bits per heavy atom. The van der Waals surface area contributed by atoms with Gasteiger partial charge in [-0.05, 0) is 59.7 Å². The fraction of sp³-hybridized carbons (Fsp3) is 0.222. The van der Waals surface area contributed by atoms with Gasteiger partial charge in [0.15, 0.2) is 0 Å². The summed E-state index contributed by atoms with van der Waals surface area (Å²) in [5, 5.41) is 4.60. The van der Waals surface area contributed by atoms with Gasteiger partial charge in [-0.15, -0.1) is 0 Å². The number of rotatable bonds is 6. The average Bonchev–Trinajstić information content (AvgIpc) is 3.77. The van der Waals surface area contributed by atoms with Crippen LogP contribution < -0.4 is 19.3 Å². The Kier molecular flexibility index (Phi) is 7.30. The Morgan fingerprint density at radius 3 is 1.23 bits per heavy atom. The molecule has 0 bridgehead atoms. The van der Waals surface area contributed by atoms with Crippen molar-refractivity contribution < 1.29 is 28.7 Å². The predicted octanol–water partition coefficient (Wildman–Crippen LogP) is 5.46. The average molecular weight is 684 g/mol. The van der Waals surface area contributed by atoms with Crippen LogP contribution >= 0.6 is 23.2 Å². The van der Waals surface area contributed by atoms with Gasteiger partial charge in [0.1, 0.15) is 23.6 Å². The number of carbonyl (C=O) groups is 4. The van der Waals surface area contributed by atoms with Crippen molar-refractivity contribution in [2.24, 2.45) is 11.8 Å². The SMILES string of the molecule is COc1cccc(N2C(=O)C3C(C2=O)N2C(c4ccc(Cl)cc4)C4C(=O)N(c5cccc(OC)c5)C(=O)C4N2C3c2ccc(Cl)cc2)c1. The third kappa shape index (κ3) is 4.40. The van der Waals surface area contributed by atoms with Crippen LogP contribution in [0.3, 0.4) is 0 Å². The van der Waals surface area contributed by atoms with Gasteiger partial charge in [-0.1, -0.05) is 59.6 Å². The molecule has 48 heavy (non-hydrogen) atoms. The molecule has 4 aliphatic heterocycles. The quantitative estimate of drug-likeness (QED) is 0.248. The minimum atomic E-state index is -1.01. The molecule has 242 valence electrons. The molecule has 8 rings (SSSR count). The molecule has 0 spiro atoms. The van der Waals surface area contributed by atoms with Crippen molar-refractivity contribution in [3.05, 3.63) is 118 Å². The molecule has 4 heterocycles. The molecule has 0 aliphatic carbocycles. The Bertz CT molecular complexity index is 1850. The molecule has 6 unspecified atom stereocenters. The lowest BCUT2D eigenvalue weighted by Crippen LogP contribution is -2.50. The summed E-state index contributed by atoms with van der Waals surface area (Å²) in [6, 6.07) is 24.0. The number of ether oxygens (including phenoxy) is 2. The zero-order valence-corrected chi connectivity index (χ0v) is 27.2. The second-order valence-electron chi connectivity index (χ2n) is 12.1. The third-order valence-electron chi connectivity index (χ3n) is 9.77. The molecular weight excluding hydrogens is 655 g/mol. The lowest BCUT2D eigenvalue weighted by atomic mass is 9.84. The van der Waals surface area contributed by atoms with E-state index in [1.54, 1.807) is 97.1 Å². The van der Waals surface area contributed by atoms with Gasteiger partial charge in [0.25, 0.3) is 11.8 Å². The van der Waals surface area contributed by atoms with Gasteiger partial charge in [0.2, 0.25) is 11.8 Å². The molecule has 0 N–H and O–H groups in total. The fourth-order valence-electron chi connectivity index (χ4n) is 7.83. The van der Waals surface area contributed by atoms with Crippen molar-refractivity contribution in [2.45, 2.75) is 24.2 Å². The number of carbonyl (C=O) groups excluding carboxylic acids is 4. The predicted molar refractivity (Wildman–Crippen MR) is 178 cm³/mol. The van der Waals surface area contributed by atoms with Crippen LogP contribution in [0.5, 0.6) is 11.5 Å². The second kappa shape index (κ2) is 11.5. The van der Waals surface area contributed by atoms with E-state index in [1.807, 2.05) is 10.0 Å². The first-order valence-corrected chi connectivity index (χ1v) is 16.1. The van der Waals surface area contributed by atoms with Gasteiger partial charge >= 0.3 is 0 Å². The summed E-state index contributed by atoms with van der Waals surface area (Å²) < 4.78 is 10.8. The van der Waals surface area contributed by atoms with Crippen LogP contribution in [-0.2, 0) is 19.2 Å². The number of hydrogen-bond acceptors (Lipinski definition) is 8. The van der Waals surface area contributed by atoms with E-state index in [0.29, 0.717) is 44.0 Å². The normalized spacial score (nSPS) is 26.7. The summed E-state index contributed by atoms with van der Waals surface area (Å²) >= 11 is 12.6. The number of halogens is 2. The van der Waals surface area contributed by atoms with Crippen molar-refractivity contribution in [3.8, 4) is 11.5 Å². The summed E-state index contributed by atoms with van der Waals surface area (Å²) in [6.45, 7) is 0. The van der Waals surface area contributed by atoms with E-state index >= 15 is 0 Å². The maximum atomic E-state index is 14.6. The molecule has 4 amide bonds. The summed E-state index contributed by atoms with van der Waals surface area (Å²) in [6.07, 6.45) is 0. The summed E-state index contributed by atoms with van der Waals surface area (Å²) in [5.41, 5.74) is 2.11. The molecular formula is C36H28Cl2N4O6. The van der Waals surface area contributed by atoms with Gasteiger partial charge in [0.05, 0.1) is 49.5 Å². The van der Waals surface area contributed by atoms with Crippen LogP contribution in [0.25, 0.3) is 0 Å². The monoisotopic (exact) mass is 682 g/mol. The largest absolute Gasteiger partial charge is 0.497 e. The smallest absolute Gasteiger partial charge is 0.253 e. The highest BCUT2D eigenvalue weighted by Crippen LogP contribution is 2.60. The number of anilines is 2. The summed E-state index contributed by atoms with van der Waals surface area (Å²) in [4.78, 5) is 60.7. The highest BCUT2D eigenvalue weighted by molar-refractivity contribution is 6.31. The van der Waals surface area contributed by atoms with Gasteiger partial charge in [-0.2, -0.15) is 0 Å². The Balaban J connectivity index is 1.32. The first-order valence-electron chi connectivity index (χ1n) is 15.3. The van der Waals surface area contributed by atoms with Crippen molar-refractivity contribution in [2.75, 3.05) is 24.0 Å². The molecule has 0 aromatic heterocycles. The van der Waals surface area contributed by atoms with E-state index < -0.39 is 59.6 Å². The number of nitrogens with zero attached hydrogens (tertiary/aromatic N) is 4. The van der Waals surface area contributed by atoms with Crippen LogP contribution in [0.15, 0.2) is 97.1 Å². The lowest BCUT2D eigenvalue weighted by Gasteiger charge is -2.35. The first-order chi connectivity index (χ1) is 23.2. The van der Waals surface area contributed by atoms with Crippen molar-refractivity contribution in [1.82, 2.24) is 10.0 Å². The number of hydrazine groups is 1. The number of fused-ring (bicyclic) bond motifs is 5. The number of methoxy groups -OCH3 is 2. The lowest BCUT2D eigenvalue weighted by molar-refractivity contribution is -0.136. The van der Waals surface area contributed by atoms with E-state index in [1.165, 1.54) is 24.0 Å². The minimum Gasteiger partial charge on any atom is -0.497 e. The van der Waals surface area contributed by atoms with Gasteiger partial charge in [0, 0.05) is 22.2 Å². The standard InChI is InChI=1S/C36H28Cl2N4O6/c1-47-25-7-3-5-23(17-25)39-33(43)27-29(19-9-13-21(37)14-10-19)42-32-28(34(44)40(36(32)46)24-6-4-8-26(18-24)48-2)30(41(42)31(27)35(39)45)20-11-15-22(38)16-12-20/h3-18,27-32H,1-2H3. The van der Waals surface area contributed by atoms with E-state index in [4.69, 9.17) is 32.7 Å². The van der Waals surface area contributed by atoms with Gasteiger partial charge < -0.3 is 9.47 Å². The summed E-state index contributed by atoms with van der Waals surface area (Å²) in [7, 11) is 3.02. The van der Waals surface area contributed by atoms with E-state index in [2.05, 4.69) is 0 Å². The fourth-order valence-corrected chi connectivity index (χ4v) is 8.08. The van der Waals surface area contributed by atoms with Crippen LogP contribution in [0.1, 0.15) is 23.2 Å². The molecule has 4 aliphatic rings. The number of amides is 4. The van der Waals surface area contributed by atoms with E-state index in [9.17, 15) is 19.2 Å². The highest BCUT2D eigenvalue weighted by Gasteiger charge is 2.73. The summed E-state index contributed by atoms with van der Waals surface area (Å²) in [5.74, 6) is -2.58. The first kappa shape index (κ1) is 30.6. The third-order valence-corrected chi connectivity index (χ3v) is 10.3. The van der Waals surface area contributed by atoms with Crippen LogP contribution in [0, 0.1) is 11.8 Å². The Hall–Kier alpha value is -4.74. The van der Waals surface area contributed by atoms with Crippen LogP contribution in [0.4, 0.5) is 11.4 Å². The molecule has 4 aromatic carbocycles. The van der Waals surface area contributed by atoms with Gasteiger partial charge in [-0.25, -0.2) is 19.8 Å². The van der Waals surface area contributed by atoms with E-state index in [0.717, 1.165) is 0 Å². The molecule has 0 saturated carbocycles. The maximum absolute atomic E-state index is 14.6. The minimum absolute atomic E-state index is 0.374. The topological polar surface area (TPSA) is 99.7 Å². The zero-order chi connectivity index (χ0) is 33.4. The molecule has 12 heteroatoms. The highest BCUT2D eigenvalue weighted by atomic mass is 35.5. The number of hydrogen-bond donors (Lipinski definition) is 0. The Labute approximate surface area is 285 Å². The second-order valence-corrected chi connectivity index (χ2v) is 13.0. The molecule has 4 saturated heterocycles. The van der Waals surface area contributed by atoms with Crippen molar-refractivity contribution >= 4 is 58.2 Å². The maximum Gasteiger partial charge on any atom is 0.253 e. The van der Waals surface area contributed by atoms with Crippen LogP contribution in [0.2, 0.25) is 10.0 Å². The van der Waals surface area contributed by atoms with E-state index in [-0.39, 0.29) is 0 Å². The van der Waals surface area contributed by atoms with Crippen LogP contribution in [-0.4, -0.2) is 59.9 Å². The number of benzene rings is 4. The molecule has 4 aromatic rings. The van der Waals surface area contributed by atoms with Crippen molar-refractivity contribution in [1.29, 1.82) is 0 Å². The van der Waals surface area contributed by atoms with Crippen molar-refractivity contribution in [3.63, 3.8) is 0 Å². The zero-order valence-electron chi connectivity index (χ0n) is 25.7. The molecule has 4 fully saturated rings. The Morgan fingerprint density at radius 2 is 0.875 bits per heavy atom. The molecule has 10 nitrogen and oxygen atoms in total. The molecule has 0 radical (unpaired) electrons. The number of imide groups is 2.